The Bertz CT molecular complexity index is 458. The molecule has 0 fully saturated rings. The highest BCUT2D eigenvalue weighted by molar-refractivity contribution is 5.94. The number of benzene rings is 1. The summed E-state index contributed by atoms with van der Waals surface area (Å²) >= 11 is 0. The molecule has 0 heterocycles. The van der Waals surface area contributed by atoms with Gasteiger partial charge in [0, 0.05) is 19.8 Å². The van der Waals surface area contributed by atoms with Crippen LogP contribution in [0.2, 0.25) is 0 Å². The predicted molar refractivity (Wildman–Crippen MR) is 66.2 cm³/mol. The molecule has 7 heteroatoms. The van der Waals surface area contributed by atoms with Gasteiger partial charge in [-0.05, 0) is 25.1 Å². The van der Waals surface area contributed by atoms with Gasteiger partial charge in [0.2, 0.25) is 0 Å². The number of carbonyl (C=O) groups is 1. The third-order valence-electron chi connectivity index (χ3n) is 2.68. The molecule has 0 saturated heterocycles. The lowest BCUT2D eigenvalue weighted by molar-refractivity contribution is -0.137. The first-order chi connectivity index (χ1) is 9.29. The maximum Gasteiger partial charge on any atom is 0.416 e. The van der Waals surface area contributed by atoms with Gasteiger partial charge in [0.15, 0.2) is 6.29 Å². The Hall–Kier alpha value is -1.60. The average Bonchev–Trinajstić information content (AvgIpc) is 2.39. The maximum atomic E-state index is 12.6. The second kappa shape index (κ2) is 6.71. The zero-order valence-electron chi connectivity index (χ0n) is 11.3. The highest BCUT2D eigenvalue weighted by Gasteiger charge is 2.31. The Morgan fingerprint density at radius 1 is 1.25 bits per heavy atom. The summed E-state index contributed by atoms with van der Waals surface area (Å²) in [6, 6.07) is 3.70. The number of methoxy groups -OCH3 is 2. The first-order valence-corrected chi connectivity index (χ1v) is 5.83. The topological polar surface area (TPSA) is 47.6 Å². The zero-order valence-corrected chi connectivity index (χ0v) is 11.3. The van der Waals surface area contributed by atoms with Crippen LogP contribution in [0.5, 0.6) is 0 Å². The lowest BCUT2D eigenvalue weighted by Crippen LogP contribution is -2.43. The molecule has 1 aromatic rings. The van der Waals surface area contributed by atoms with E-state index in [0.717, 1.165) is 12.1 Å². The van der Waals surface area contributed by atoms with Crippen LogP contribution in [-0.4, -0.2) is 32.5 Å². The van der Waals surface area contributed by atoms with Gasteiger partial charge >= 0.3 is 6.18 Å². The smallest absolute Gasteiger partial charge is 0.354 e. The number of hydrogen-bond acceptors (Lipinski definition) is 3. The van der Waals surface area contributed by atoms with Gasteiger partial charge in [0.1, 0.15) is 0 Å². The van der Waals surface area contributed by atoms with Crippen LogP contribution in [0.25, 0.3) is 0 Å². The van der Waals surface area contributed by atoms with Crippen molar-refractivity contribution < 1.29 is 27.4 Å². The van der Waals surface area contributed by atoms with E-state index in [1.54, 1.807) is 6.92 Å². The van der Waals surface area contributed by atoms with E-state index in [-0.39, 0.29) is 5.56 Å². The van der Waals surface area contributed by atoms with Gasteiger partial charge in [-0.25, -0.2) is 0 Å². The molecule has 1 amide bonds. The Labute approximate surface area is 114 Å². The number of rotatable bonds is 5. The van der Waals surface area contributed by atoms with Crippen molar-refractivity contribution in [1.82, 2.24) is 5.32 Å². The molecule has 1 atom stereocenters. The van der Waals surface area contributed by atoms with Crippen LogP contribution >= 0.6 is 0 Å². The van der Waals surface area contributed by atoms with Crippen molar-refractivity contribution in [3.63, 3.8) is 0 Å². The fourth-order valence-electron chi connectivity index (χ4n) is 1.70. The predicted octanol–water partition coefficient (Wildman–Crippen LogP) is 2.44. The fraction of sp³-hybridized carbons (Fsp3) is 0.462. The highest BCUT2D eigenvalue weighted by atomic mass is 19.4. The summed E-state index contributed by atoms with van der Waals surface area (Å²) in [5.41, 5.74) is -0.939. The van der Waals surface area contributed by atoms with Crippen LogP contribution in [0.3, 0.4) is 0 Å². The van der Waals surface area contributed by atoms with Gasteiger partial charge in [0.25, 0.3) is 5.91 Å². The van der Waals surface area contributed by atoms with E-state index in [1.807, 2.05) is 0 Å². The van der Waals surface area contributed by atoms with Gasteiger partial charge < -0.3 is 14.8 Å². The Kier molecular flexibility index (Phi) is 5.52. The van der Waals surface area contributed by atoms with Crippen LogP contribution in [0.1, 0.15) is 22.8 Å². The summed E-state index contributed by atoms with van der Waals surface area (Å²) in [7, 11) is 2.81. The van der Waals surface area contributed by atoms with Crippen molar-refractivity contribution in [1.29, 1.82) is 0 Å². The van der Waals surface area contributed by atoms with Crippen LogP contribution < -0.4 is 5.32 Å². The number of amides is 1. The van der Waals surface area contributed by atoms with Gasteiger partial charge in [-0.3, -0.25) is 4.79 Å². The standard InChI is InChI=1S/C13H16F3NO3/c1-8(12(19-2)20-3)17-11(18)9-5-4-6-10(7-9)13(14,15)16/h4-8,12H,1-3H3,(H,17,18). The zero-order chi connectivity index (χ0) is 15.3. The molecule has 1 unspecified atom stereocenters. The molecule has 0 saturated carbocycles. The number of hydrogen-bond donors (Lipinski definition) is 1. The second-order valence-corrected chi connectivity index (χ2v) is 4.18. The largest absolute Gasteiger partial charge is 0.416 e. The molecule has 0 aliphatic carbocycles. The number of ether oxygens (including phenoxy) is 2. The molecule has 112 valence electrons. The van der Waals surface area contributed by atoms with Crippen molar-refractivity contribution in [3.8, 4) is 0 Å². The number of halogens is 3. The maximum absolute atomic E-state index is 12.6. The molecular formula is C13H16F3NO3. The third kappa shape index (κ3) is 4.21. The first-order valence-electron chi connectivity index (χ1n) is 5.83. The molecule has 0 spiro atoms. The minimum Gasteiger partial charge on any atom is -0.354 e. The quantitative estimate of drug-likeness (QED) is 0.848. The molecule has 1 N–H and O–H groups in total. The molecule has 0 aliphatic rings. The summed E-state index contributed by atoms with van der Waals surface area (Å²) in [4.78, 5) is 11.9. The van der Waals surface area contributed by atoms with Crippen LogP contribution in [0, 0.1) is 0 Å². The summed E-state index contributed by atoms with van der Waals surface area (Å²) in [5.74, 6) is -0.623. The summed E-state index contributed by atoms with van der Waals surface area (Å²) in [6.07, 6.45) is -5.16. The molecule has 0 radical (unpaired) electrons. The van der Waals surface area contributed by atoms with Gasteiger partial charge in [0.05, 0.1) is 11.6 Å². The SMILES string of the molecule is COC(OC)C(C)NC(=O)c1cccc(C(F)(F)F)c1. The van der Waals surface area contributed by atoms with E-state index < -0.39 is 30.0 Å². The van der Waals surface area contributed by atoms with Crippen molar-refractivity contribution in [3.05, 3.63) is 35.4 Å². The molecule has 1 rings (SSSR count). The van der Waals surface area contributed by atoms with Crippen molar-refractivity contribution in [2.24, 2.45) is 0 Å². The first kappa shape index (κ1) is 16.5. The van der Waals surface area contributed by atoms with E-state index in [0.29, 0.717) is 0 Å². The van der Waals surface area contributed by atoms with Crippen molar-refractivity contribution in [2.75, 3.05) is 14.2 Å². The van der Waals surface area contributed by atoms with Crippen molar-refractivity contribution in [2.45, 2.75) is 25.4 Å². The molecule has 0 bridgehead atoms. The number of nitrogens with one attached hydrogen (secondary N) is 1. The average molecular weight is 291 g/mol. The molecule has 1 aromatic carbocycles. The summed E-state index contributed by atoms with van der Waals surface area (Å²) < 4.78 is 47.6. The van der Waals surface area contributed by atoms with Gasteiger partial charge in [-0.2, -0.15) is 13.2 Å². The van der Waals surface area contributed by atoms with Gasteiger partial charge in [-0.15, -0.1) is 0 Å². The Morgan fingerprint density at radius 3 is 2.35 bits per heavy atom. The lowest BCUT2D eigenvalue weighted by atomic mass is 10.1. The van der Waals surface area contributed by atoms with E-state index in [9.17, 15) is 18.0 Å². The highest BCUT2D eigenvalue weighted by Crippen LogP contribution is 2.29. The lowest BCUT2D eigenvalue weighted by Gasteiger charge is -2.22. The second-order valence-electron chi connectivity index (χ2n) is 4.18. The molecular weight excluding hydrogens is 275 g/mol. The van der Waals surface area contributed by atoms with Crippen LogP contribution in [-0.2, 0) is 15.7 Å². The minimum absolute atomic E-state index is 0.0716. The fourth-order valence-corrected chi connectivity index (χ4v) is 1.70. The van der Waals surface area contributed by atoms with Crippen LogP contribution in [0.4, 0.5) is 13.2 Å². The molecule has 4 nitrogen and oxygen atoms in total. The number of alkyl halides is 3. The van der Waals surface area contributed by atoms with E-state index in [2.05, 4.69) is 5.32 Å². The summed E-state index contributed by atoms with van der Waals surface area (Å²) in [5, 5.41) is 2.52. The van der Waals surface area contributed by atoms with Crippen molar-refractivity contribution >= 4 is 5.91 Å². The Morgan fingerprint density at radius 2 is 1.85 bits per heavy atom. The number of carbonyl (C=O) groups excluding carboxylic acids is 1. The van der Waals surface area contributed by atoms with E-state index >= 15 is 0 Å². The molecule has 20 heavy (non-hydrogen) atoms. The summed E-state index contributed by atoms with van der Waals surface area (Å²) in [6.45, 7) is 1.63. The van der Waals surface area contributed by atoms with E-state index in [4.69, 9.17) is 9.47 Å². The minimum atomic E-state index is -4.48. The molecule has 0 aromatic heterocycles. The van der Waals surface area contributed by atoms with E-state index in [1.165, 1.54) is 26.4 Å². The van der Waals surface area contributed by atoms with Gasteiger partial charge in [-0.1, -0.05) is 6.07 Å². The van der Waals surface area contributed by atoms with Crippen LogP contribution in [0.15, 0.2) is 24.3 Å². The monoisotopic (exact) mass is 291 g/mol. The molecule has 0 aliphatic heterocycles. The normalized spacial score (nSPS) is 13.3. The third-order valence-corrected chi connectivity index (χ3v) is 2.68. The Balaban J connectivity index is 2.83.